The van der Waals surface area contributed by atoms with E-state index in [9.17, 15) is 25.5 Å². The monoisotopic (exact) mass is 468 g/mol. The molecule has 0 aromatic rings. The summed E-state index contributed by atoms with van der Waals surface area (Å²) in [6.45, 7) is -1.21. The lowest BCUT2D eigenvalue weighted by Gasteiger charge is -2.45. The van der Waals surface area contributed by atoms with Crippen LogP contribution in [0.4, 0.5) is 0 Å². The summed E-state index contributed by atoms with van der Waals surface area (Å²) < 4.78 is 20.8. The van der Waals surface area contributed by atoms with E-state index in [1.54, 1.807) is 0 Å². The number of aliphatic hydroxyl groups is 7. The van der Waals surface area contributed by atoms with Gasteiger partial charge in [0.15, 0.2) is 12.6 Å². The molecular weight excluding hydrogens is 447 g/mol. The Labute approximate surface area is 151 Å². The van der Waals surface area contributed by atoms with E-state index in [0.29, 0.717) is 0 Å². The van der Waals surface area contributed by atoms with Crippen LogP contribution in [0.25, 0.3) is 0 Å². The third-order valence-electron chi connectivity index (χ3n) is 4.05. The highest BCUT2D eigenvalue weighted by molar-refractivity contribution is 14.1. The van der Waals surface area contributed by atoms with Crippen LogP contribution < -0.4 is 0 Å². The molecule has 0 amide bonds. The second-order valence-corrected chi connectivity index (χ2v) is 6.10. The molecule has 7 N–H and O–H groups in total. The van der Waals surface area contributed by atoms with Crippen molar-refractivity contribution in [2.75, 3.05) is 13.2 Å². The first kappa shape index (κ1) is 20.6. The summed E-state index contributed by atoms with van der Waals surface area (Å²) in [4.78, 5) is 0. The Morgan fingerprint density at radius 3 is 1.71 bits per heavy atom. The lowest BCUT2D eigenvalue weighted by Crippen LogP contribution is -2.64. The summed E-state index contributed by atoms with van der Waals surface area (Å²) in [5.41, 5.74) is 0. The first-order valence-electron chi connectivity index (χ1n) is 7.21. The molecule has 0 aromatic carbocycles. The summed E-state index contributed by atoms with van der Waals surface area (Å²) in [6.07, 6.45) is -14.3. The van der Waals surface area contributed by atoms with E-state index in [2.05, 4.69) is 0 Å². The van der Waals surface area contributed by atoms with Crippen molar-refractivity contribution in [1.29, 1.82) is 0 Å². The average molecular weight is 468 g/mol. The molecule has 0 aliphatic carbocycles. The van der Waals surface area contributed by atoms with Crippen molar-refractivity contribution in [3.63, 3.8) is 0 Å². The first-order valence-corrected chi connectivity index (χ1v) is 8.09. The molecule has 10 atom stereocenters. The van der Waals surface area contributed by atoms with Crippen LogP contribution in [0, 0.1) is 0 Å². The minimum Gasteiger partial charge on any atom is -0.394 e. The Bertz CT molecular complexity index is 397. The summed E-state index contributed by atoms with van der Waals surface area (Å²) in [7, 11) is 0. The number of aliphatic hydroxyl groups excluding tert-OH is 7. The zero-order chi connectivity index (χ0) is 18.0. The topological polar surface area (TPSA) is 179 Å². The maximum Gasteiger partial charge on any atom is 0.198 e. The molecule has 142 valence electrons. The Kier molecular flexibility index (Phi) is 7.54. The molecule has 2 aliphatic heterocycles. The van der Waals surface area contributed by atoms with Gasteiger partial charge < -0.3 is 50.0 Å². The molecule has 0 spiro atoms. The molecule has 24 heavy (non-hydrogen) atoms. The molecule has 2 rings (SSSR count). The summed E-state index contributed by atoms with van der Waals surface area (Å²) in [6, 6.07) is 0. The van der Waals surface area contributed by atoms with Crippen molar-refractivity contribution in [2.45, 2.75) is 61.4 Å². The van der Waals surface area contributed by atoms with E-state index in [-0.39, 0.29) is 0 Å². The molecule has 12 heteroatoms. The van der Waals surface area contributed by atoms with Gasteiger partial charge in [0, 0.05) is 0 Å². The van der Waals surface area contributed by atoms with E-state index < -0.39 is 74.6 Å². The van der Waals surface area contributed by atoms with Crippen LogP contribution in [0.5, 0.6) is 0 Å². The fourth-order valence-electron chi connectivity index (χ4n) is 2.61. The molecule has 2 saturated heterocycles. The van der Waals surface area contributed by atoms with Crippen LogP contribution in [-0.4, -0.2) is 110 Å². The molecule has 0 bridgehead atoms. The third kappa shape index (κ3) is 3.99. The second-order valence-electron chi connectivity index (χ2n) is 5.59. The molecule has 11 nitrogen and oxygen atoms in total. The summed E-state index contributed by atoms with van der Waals surface area (Å²) >= 11 is 1.47. The van der Waals surface area contributed by atoms with E-state index in [1.165, 1.54) is 23.0 Å². The van der Waals surface area contributed by atoms with Crippen LogP contribution in [0.1, 0.15) is 0 Å². The predicted octanol–water partition coefficient (Wildman–Crippen LogP) is -4.02. The highest BCUT2D eigenvalue weighted by Crippen LogP contribution is 2.30. The zero-order valence-corrected chi connectivity index (χ0v) is 14.5. The van der Waals surface area contributed by atoms with E-state index in [0.717, 1.165) is 0 Å². The molecule has 2 aliphatic rings. The van der Waals surface area contributed by atoms with Gasteiger partial charge in [-0.05, 0) is 0 Å². The Morgan fingerprint density at radius 2 is 1.21 bits per heavy atom. The van der Waals surface area contributed by atoms with Gasteiger partial charge in [-0.1, -0.05) is 0 Å². The fourth-order valence-corrected chi connectivity index (χ4v) is 3.02. The van der Waals surface area contributed by atoms with Crippen molar-refractivity contribution in [1.82, 2.24) is 0 Å². The van der Waals surface area contributed by atoms with Crippen LogP contribution in [0.15, 0.2) is 0 Å². The van der Waals surface area contributed by atoms with Crippen LogP contribution >= 0.6 is 23.0 Å². The second kappa shape index (κ2) is 8.79. The molecule has 2 fully saturated rings. The van der Waals surface area contributed by atoms with Gasteiger partial charge >= 0.3 is 0 Å². The zero-order valence-electron chi connectivity index (χ0n) is 12.3. The maximum atomic E-state index is 10.2. The molecular formula is C12H21IO11. The van der Waals surface area contributed by atoms with Crippen LogP contribution in [-0.2, 0) is 17.3 Å². The smallest absolute Gasteiger partial charge is 0.198 e. The molecule has 0 saturated carbocycles. The highest BCUT2D eigenvalue weighted by Gasteiger charge is 2.50. The first-order chi connectivity index (χ1) is 11.3. The molecule has 0 aromatic heterocycles. The molecule has 0 radical (unpaired) electrons. The lowest BCUT2D eigenvalue weighted by molar-refractivity contribution is -0.355. The van der Waals surface area contributed by atoms with E-state index >= 15 is 0 Å². The Morgan fingerprint density at radius 1 is 0.708 bits per heavy atom. The largest absolute Gasteiger partial charge is 0.394 e. The van der Waals surface area contributed by atoms with Gasteiger partial charge in [-0.2, -0.15) is 0 Å². The Hall–Kier alpha value is 0.290. The van der Waals surface area contributed by atoms with Crippen molar-refractivity contribution < 1.29 is 53.0 Å². The predicted molar refractivity (Wildman–Crippen MR) is 81.5 cm³/mol. The summed E-state index contributed by atoms with van der Waals surface area (Å²) in [5.74, 6) is 0. The quantitative estimate of drug-likeness (QED) is 0.196. The van der Waals surface area contributed by atoms with Crippen molar-refractivity contribution in [2.24, 2.45) is 0 Å². The number of ether oxygens (including phenoxy) is 3. The van der Waals surface area contributed by atoms with E-state index in [1.807, 2.05) is 0 Å². The van der Waals surface area contributed by atoms with Crippen molar-refractivity contribution >= 4 is 23.0 Å². The number of rotatable bonds is 5. The van der Waals surface area contributed by atoms with Gasteiger partial charge in [0.25, 0.3) is 0 Å². The number of hydrogen-bond acceptors (Lipinski definition) is 11. The van der Waals surface area contributed by atoms with Gasteiger partial charge in [0.1, 0.15) is 71.8 Å². The number of hydrogen-bond donors (Lipinski definition) is 7. The van der Waals surface area contributed by atoms with Gasteiger partial charge in [-0.3, -0.25) is 3.07 Å². The highest BCUT2D eigenvalue weighted by atomic mass is 127. The van der Waals surface area contributed by atoms with Gasteiger partial charge in [0.05, 0.1) is 13.2 Å². The minimum atomic E-state index is -1.68. The van der Waals surface area contributed by atoms with Crippen molar-refractivity contribution in [3.05, 3.63) is 0 Å². The standard InChI is InChI=1S/C12H21IO11/c13-24-12-10(8(19)6(17)4(2-15)22-12)23-11-9(20)7(18)5(16)3(1-14)21-11/h3-12,14-20H,1-2H2/t3-,4-,5-,6-,7+,8+,9-,10-,11+,12+/m1/s1. The lowest BCUT2D eigenvalue weighted by atomic mass is 9.97. The SMILES string of the molecule is OC[C@H]1O[C@@H](O[C@H]2[C@H](OI)O[C@H](CO)[C@@H](O)[C@@H]2O)[C@H](O)[C@@H](O)[C@@H]1O. The minimum absolute atomic E-state index is 0.568. The fraction of sp³-hybridized carbons (Fsp3) is 1.00. The summed E-state index contributed by atoms with van der Waals surface area (Å²) in [5, 5.41) is 67.7. The average Bonchev–Trinajstić information content (AvgIpc) is 2.59. The van der Waals surface area contributed by atoms with Gasteiger partial charge in [0.2, 0.25) is 0 Å². The van der Waals surface area contributed by atoms with Gasteiger partial charge in [-0.25, -0.2) is 0 Å². The molecule has 0 unspecified atom stereocenters. The van der Waals surface area contributed by atoms with Crippen LogP contribution in [0.3, 0.4) is 0 Å². The maximum absolute atomic E-state index is 10.2. The Balaban J connectivity index is 2.12. The normalized spacial score (nSPS) is 50.0. The third-order valence-corrected chi connectivity index (χ3v) is 4.55. The van der Waals surface area contributed by atoms with Crippen molar-refractivity contribution in [3.8, 4) is 0 Å². The molecule has 2 heterocycles. The number of halogens is 1. The van der Waals surface area contributed by atoms with Gasteiger partial charge in [-0.15, -0.1) is 0 Å². The van der Waals surface area contributed by atoms with Crippen LogP contribution in [0.2, 0.25) is 0 Å². The van der Waals surface area contributed by atoms with E-state index in [4.69, 9.17) is 27.5 Å².